The van der Waals surface area contributed by atoms with E-state index in [-0.39, 0.29) is 12.1 Å². The molecule has 7 heteroatoms. The molecular formula is C19H29N3O4. The maximum atomic E-state index is 12.3. The second-order valence-corrected chi connectivity index (χ2v) is 7.45. The molecule has 1 saturated heterocycles. The fourth-order valence-corrected chi connectivity index (χ4v) is 2.97. The fourth-order valence-electron chi connectivity index (χ4n) is 2.97. The van der Waals surface area contributed by atoms with Gasteiger partial charge in [0.25, 0.3) is 5.91 Å². The highest BCUT2D eigenvalue weighted by Gasteiger charge is 2.31. The number of hydrogen-bond donors (Lipinski definition) is 1. The molecule has 1 fully saturated rings. The van der Waals surface area contributed by atoms with E-state index in [1.165, 1.54) is 0 Å². The first-order valence-corrected chi connectivity index (χ1v) is 8.93. The highest BCUT2D eigenvalue weighted by Crippen LogP contribution is 2.28. The van der Waals surface area contributed by atoms with Crippen LogP contribution < -0.4 is 15.4 Å². The number of benzene rings is 1. The standard InChI is InChI=1S/C19H29N3O4/c1-6-25-16-11-14(7-8-15(16)17(20)23)21-9-10-22(13(2)12-21)18(24)26-19(3,4)5/h7-8,11,13H,6,9-10,12H2,1-5H3,(H2,20,23)/t13-/m1/s1. The Bertz CT molecular complexity index is 669. The van der Waals surface area contributed by atoms with Gasteiger partial charge in [-0.3, -0.25) is 4.79 Å². The molecule has 0 unspecified atom stereocenters. The Labute approximate surface area is 155 Å². The lowest BCUT2D eigenvalue weighted by molar-refractivity contribution is 0.0159. The van der Waals surface area contributed by atoms with Crippen molar-refractivity contribution in [3.8, 4) is 5.75 Å². The first kappa shape index (κ1) is 19.9. The van der Waals surface area contributed by atoms with Crippen LogP contribution in [0.5, 0.6) is 5.75 Å². The normalized spacial score (nSPS) is 17.8. The molecule has 1 atom stereocenters. The average molecular weight is 363 g/mol. The van der Waals surface area contributed by atoms with Crippen molar-refractivity contribution in [2.45, 2.75) is 46.3 Å². The smallest absolute Gasteiger partial charge is 0.410 e. The summed E-state index contributed by atoms with van der Waals surface area (Å²) in [7, 11) is 0. The molecule has 1 aliphatic heterocycles. The summed E-state index contributed by atoms with van der Waals surface area (Å²) < 4.78 is 11.0. The van der Waals surface area contributed by atoms with Crippen LogP contribution in [0.1, 0.15) is 45.0 Å². The molecular weight excluding hydrogens is 334 g/mol. The molecule has 1 aromatic carbocycles. The summed E-state index contributed by atoms with van der Waals surface area (Å²) >= 11 is 0. The third kappa shape index (κ3) is 4.80. The number of nitrogens with zero attached hydrogens (tertiary/aromatic N) is 2. The summed E-state index contributed by atoms with van der Waals surface area (Å²) in [5, 5.41) is 0. The Balaban J connectivity index is 2.12. The predicted molar refractivity (Wildman–Crippen MR) is 101 cm³/mol. The van der Waals surface area contributed by atoms with Crippen LogP contribution in [-0.2, 0) is 4.74 Å². The summed E-state index contributed by atoms with van der Waals surface area (Å²) in [5.41, 5.74) is 6.21. The number of carbonyl (C=O) groups is 2. The van der Waals surface area contributed by atoms with Gasteiger partial charge in [-0.2, -0.15) is 0 Å². The van der Waals surface area contributed by atoms with Crippen LogP contribution >= 0.6 is 0 Å². The van der Waals surface area contributed by atoms with Crippen molar-refractivity contribution in [3.05, 3.63) is 23.8 Å². The van der Waals surface area contributed by atoms with Gasteiger partial charge in [0.15, 0.2) is 0 Å². The lowest BCUT2D eigenvalue weighted by Crippen LogP contribution is -2.55. The van der Waals surface area contributed by atoms with Crippen LogP contribution in [0.4, 0.5) is 10.5 Å². The number of hydrogen-bond acceptors (Lipinski definition) is 5. The number of ether oxygens (including phenoxy) is 2. The molecule has 26 heavy (non-hydrogen) atoms. The number of carbonyl (C=O) groups excluding carboxylic acids is 2. The number of piperazine rings is 1. The Hall–Kier alpha value is -2.44. The van der Waals surface area contributed by atoms with E-state index in [0.717, 1.165) is 5.69 Å². The van der Waals surface area contributed by atoms with Crippen LogP contribution in [-0.4, -0.2) is 54.8 Å². The number of primary amides is 1. The lowest BCUT2D eigenvalue weighted by Gasteiger charge is -2.41. The van der Waals surface area contributed by atoms with E-state index in [1.54, 1.807) is 11.0 Å². The molecule has 1 aromatic rings. The number of amides is 2. The molecule has 0 saturated carbocycles. The van der Waals surface area contributed by atoms with Crippen LogP contribution in [0, 0.1) is 0 Å². The van der Waals surface area contributed by atoms with E-state index in [0.29, 0.717) is 37.6 Å². The van der Waals surface area contributed by atoms with Crippen molar-refractivity contribution < 1.29 is 19.1 Å². The van der Waals surface area contributed by atoms with Crippen molar-refractivity contribution in [3.63, 3.8) is 0 Å². The Morgan fingerprint density at radius 3 is 2.50 bits per heavy atom. The average Bonchev–Trinajstić information content (AvgIpc) is 2.53. The zero-order valence-electron chi connectivity index (χ0n) is 16.2. The van der Waals surface area contributed by atoms with Crippen LogP contribution in [0.25, 0.3) is 0 Å². The van der Waals surface area contributed by atoms with E-state index in [9.17, 15) is 9.59 Å². The minimum absolute atomic E-state index is 0.00459. The third-order valence-electron chi connectivity index (χ3n) is 4.15. The summed E-state index contributed by atoms with van der Waals surface area (Å²) in [6.07, 6.45) is -0.288. The quantitative estimate of drug-likeness (QED) is 0.889. The van der Waals surface area contributed by atoms with Crippen LogP contribution in [0.15, 0.2) is 18.2 Å². The van der Waals surface area contributed by atoms with E-state index in [2.05, 4.69) is 4.90 Å². The minimum Gasteiger partial charge on any atom is -0.493 e. The van der Waals surface area contributed by atoms with Gasteiger partial charge in [-0.15, -0.1) is 0 Å². The van der Waals surface area contributed by atoms with Crippen LogP contribution in [0.3, 0.4) is 0 Å². The highest BCUT2D eigenvalue weighted by molar-refractivity contribution is 5.96. The van der Waals surface area contributed by atoms with E-state index in [1.807, 2.05) is 46.8 Å². The first-order chi connectivity index (χ1) is 12.1. The molecule has 0 bridgehead atoms. The largest absolute Gasteiger partial charge is 0.493 e. The molecule has 2 N–H and O–H groups in total. The van der Waals surface area contributed by atoms with E-state index < -0.39 is 11.5 Å². The van der Waals surface area contributed by atoms with Crippen molar-refractivity contribution in [1.82, 2.24) is 4.90 Å². The lowest BCUT2D eigenvalue weighted by atomic mass is 10.1. The van der Waals surface area contributed by atoms with Gasteiger partial charge in [-0.25, -0.2) is 4.79 Å². The second-order valence-electron chi connectivity index (χ2n) is 7.45. The molecule has 2 rings (SSSR count). The highest BCUT2D eigenvalue weighted by atomic mass is 16.6. The fraction of sp³-hybridized carbons (Fsp3) is 0.579. The maximum absolute atomic E-state index is 12.3. The van der Waals surface area contributed by atoms with Gasteiger partial charge in [0.2, 0.25) is 0 Å². The summed E-state index contributed by atoms with van der Waals surface area (Å²) in [4.78, 5) is 27.8. The first-order valence-electron chi connectivity index (χ1n) is 8.93. The zero-order valence-corrected chi connectivity index (χ0v) is 16.2. The van der Waals surface area contributed by atoms with Gasteiger partial charge in [0, 0.05) is 37.4 Å². The number of rotatable bonds is 4. The van der Waals surface area contributed by atoms with Gasteiger partial charge in [0.05, 0.1) is 12.2 Å². The second kappa shape index (κ2) is 7.85. The Morgan fingerprint density at radius 1 is 1.27 bits per heavy atom. The summed E-state index contributed by atoms with van der Waals surface area (Å²) in [6, 6.07) is 5.39. The molecule has 0 aliphatic carbocycles. The SMILES string of the molecule is CCOc1cc(N2CCN(C(=O)OC(C)(C)C)[C@H](C)C2)ccc1C(N)=O. The van der Waals surface area contributed by atoms with Gasteiger partial charge >= 0.3 is 6.09 Å². The van der Waals surface area contributed by atoms with E-state index in [4.69, 9.17) is 15.2 Å². The molecule has 1 aliphatic rings. The number of nitrogens with two attached hydrogens (primary N) is 1. The predicted octanol–water partition coefficient (Wildman–Crippen LogP) is 2.63. The third-order valence-corrected chi connectivity index (χ3v) is 4.15. The molecule has 2 amide bonds. The minimum atomic E-state index is -0.511. The number of anilines is 1. The van der Waals surface area contributed by atoms with Gasteiger partial charge in [-0.05, 0) is 46.8 Å². The van der Waals surface area contributed by atoms with Crippen molar-refractivity contribution in [2.24, 2.45) is 5.73 Å². The van der Waals surface area contributed by atoms with Gasteiger partial charge < -0.3 is 25.0 Å². The molecule has 0 aromatic heterocycles. The van der Waals surface area contributed by atoms with Crippen molar-refractivity contribution >= 4 is 17.7 Å². The van der Waals surface area contributed by atoms with Crippen LogP contribution in [0.2, 0.25) is 0 Å². The molecule has 1 heterocycles. The molecule has 0 spiro atoms. The molecule has 0 radical (unpaired) electrons. The van der Waals surface area contributed by atoms with Gasteiger partial charge in [-0.1, -0.05) is 0 Å². The van der Waals surface area contributed by atoms with Crippen molar-refractivity contribution in [2.75, 3.05) is 31.1 Å². The molecule has 7 nitrogen and oxygen atoms in total. The monoisotopic (exact) mass is 363 g/mol. The Kier molecular flexibility index (Phi) is 6.00. The Morgan fingerprint density at radius 2 is 1.96 bits per heavy atom. The zero-order chi connectivity index (χ0) is 19.5. The van der Waals surface area contributed by atoms with E-state index >= 15 is 0 Å². The molecule has 144 valence electrons. The van der Waals surface area contributed by atoms with Gasteiger partial charge in [0.1, 0.15) is 11.4 Å². The summed E-state index contributed by atoms with van der Waals surface area (Å²) in [6.45, 7) is 11.8. The van der Waals surface area contributed by atoms with Crippen molar-refractivity contribution in [1.29, 1.82) is 0 Å². The summed E-state index contributed by atoms with van der Waals surface area (Å²) in [5.74, 6) is -0.0251. The topological polar surface area (TPSA) is 85.1 Å². The maximum Gasteiger partial charge on any atom is 0.410 e.